The van der Waals surface area contributed by atoms with Crippen molar-refractivity contribution >= 4 is 28.8 Å². The Morgan fingerprint density at radius 3 is 3.14 bits per heavy atom. The third kappa shape index (κ3) is 3.02. The molecule has 0 amide bonds. The molecule has 0 aliphatic rings. The van der Waals surface area contributed by atoms with Crippen molar-refractivity contribution in [2.45, 2.75) is 18.1 Å². The van der Waals surface area contributed by atoms with Gasteiger partial charge in [0.1, 0.15) is 5.52 Å². The highest BCUT2D eigenvalue weighted by Crippen LogP contribution is 2.23. The molecular formula is C12H11N5O3S. The Hall–Kier alpha value is -2.42. The second-order valence-corrected chi connectivity index (χ2v) is 5.13. The van der Waals surface area contributed by atoms with Gasteiger partial charge in [-0.05, 0) is 6.07 Å². The molecule has 0 aliphatic heterocycles. The minimum atomic E-state index is -0.880. The number of rotatable bonds is 6. The van der Waals surface area contributed by atoms with Crippen molar-refractivity contribution in [3.05, 3.63) is 30.7 Å². The highest BCUT2D eigenvalue weighted by molar-refractivity contribution is 7.99. The van der Waals surface area contributed by atoms with Gasteiger partial charge in [-0.3, -0.25) is 9.78 Å². The van der Waals surface area contributed by atoms with Gasteiger partial charge in [-0.15, -0.1) is 0 Å². The van der Waals surface area contributed by atoms with E-state index < -0.39 is 5.97 Å². The first kappa shape index (κ1) is 13.6. The van der Waals surface area contributed by atoms with Crippen LogP contribution in [0.4, 0.5) is 0 Å². The molecule has 1 N–H and O–H groups in total. The summed E-state index contributed by atoms with van der Waals surface area (Å²) in [4.78, 5) is 23.2. The molecule has 0 fully saturated rings. The summed E-state index contributed by atoms with van der Waals surface area (Å²) in [6.07, 6.45) is 5.20. The lowest BCUT2D eigenvalue weighted by molar-refractivity contribution is -0.133. The summed E-state index contributed by atoms with van der Waals surface area (Å²) in [7, 11) is 0. The van der Waals surface area contributed by atoms with Crippen LogP contribution in [-0.4, -0.2) is 41.5 Å². The lowest BCUT2D eigenvalue weighted by Gasteiger charge is -2.06. The summed E-state index contributed by atoms with van der Waals surface area (Å²) in [5.41, 5.74) is 1.64. The van der Waals surface area contributed by atoms with E-state index in [9.17, 15) is 4.79 Å². The standard InChI is InChI=1S/C12H11N5O3S/c18-11(19)6-21-12-15-8-5-13-3-1-9(8)17(12)4-2-10-14-7-20-16-10/h1,3,5,7H,2,4,6H2,(H,18,19). The molecule has 108 valence electrons. The molecule has 0 radical (unpaired) electrons. The molecule has 21 heavy (non-hydrogen) atoms. The molecule has 0 saturated heterocycles. The number of thioether (sulfide) groups is 1. The van der Waals surface area contributed by atoms with E-state index in [1.54, 1.807) is 12.4 Å². The van der Waals surface area contributed by atoms with Gasteiger partial charge in [0.15, 0.2) is 11.0 Å². The molecule has 0 unspecified atom stereocenters. The quantitative estimate of drug-likeness (QED) is 0.678. The highest BCUT2D eigenvalue weighted by Gasteiger charge is 2.13. The summed E-state index contributed by atoms with van der Waals surface area (Å²) >= 11 is 1.18. The van der Waals surface area contributed by atoms with Gasteiger partial charge in [-0.25, -0.2) is 4.98 Å². The monoisotopic (exact) mass is 305 g/mol. The van der Waals surface area contributed by atoms with Crippen molar-refractivity contribution in [1.29, 1.82) is 0 Å². The summed E-state index contributed by atoms with van der Waals surface area (Å²) in [5.74, 6) is -0.325. The zero-order chi connectivity index (χ0) is 14.7. The zero-order valence-corrected chi connectivity index (χ0v) is 11.7. The molecule has 0 bridgehead atoms. The molecule has 3 aromatic heterocycles. The number of aliphatic carboxylic acids is 1. The van der Waals surface area contributed by atoms with Gasteiger partial charge in [0, 0.05) is 19.2 Å². The van der Waals surface area contributed by atoms with Crippen molar-refractivity contribution in [3.8, 4) is 0 Å². The first-order valence-corrected chi connectivity index (χ1v) is 7.12. The molecule has 0 saturated carbocycles. The predicted octanol–water partition coefficient (Wildman–Crippen LogP) is 1.23. The lowest BCUT2D eigenvalue weighted by Crippen LogP contribution is -2.06. The van der Waals surface area contributed by atoms with Crippen LogP contribution < -0.4 is 0 Å². The van der Waals surface area contributed by atoms with Crippen molar-refractivity contribution in [2.75, 3.05) is 5.75 Å². The number of hydrogen-bond acceptors (Lipinski definition) is 7. The zero-order valence-electron chi connectivity index (χ0n) is 10.8. The van der Waals surface area contributed by atoms with E-state index in [1.165, 1.54) is 18.2 Å². The second-order valence-electron chi connectivity index (χ2n) is 4.19. The summed E-state index contributed by atoms with van der Waals surface area (Å²) in [6, 6.07) is 1.85. The third-order valence-corrected chi connectivity index (χ3v) is 3.77. The van der Waals surface area contributed by atoms with E-state index in [-0.39, 0.29) is 5.75 Å². The number of pyridine rings is 1. The molecule has 8 nitrogen and oxygen atoms in total. The minimum absolute atomic E-state index is 0.0427. The molecule has 0 aromatic carbocycles. The Labute approximate surface area is 123 Å². The number of aromatic nitrogens is 5. The van der Waals surface area contributed by atoms with Crippen LogP contribution in [0.3, 0.4) is 0 Å². The fourth-order valence-electron chi connectivity index (χ4n) is 1.93. The molecular weight excluding hydrogens is 294 g/mol. The molecule has 0 spiro atoms. The maximum Gasteiger partial charge on any atom is 0.313 e. The topological polar surface area (TPSA) is 107 Å². The van der Waals surface area contributed by atoms with E-state index in [1.807, 2.05) is 10.6 Å². The van der Waals surface area contributed by atoms with Crippen LogP contribution in [0.25, 0.3) is 11.0 Å². The van der Waals surface area contributed by atoms with Gasteiger partial charge in [0.2, 0.25) is 6.39 Å². The first-order chi connectivity index (χ1) is 10.2. The van der Waals surface area contributed by atoms with Gasteiger partial charge in [-0.2, -0.15) is 4.98 Å². The van der Waals surface area contributed by atoms with E-state index in [4.69, 9.17) is 9.63 Å². The summed E-state index contributed by atoms with van der Waals surface area (Å²) in [5, 5.41) is 13.2. The van der Waals surface area contributed by atoms with Crippen LogP contribution in [0.2, 0.25) is 0 Å². The Kier molecular flexibility index (Phi) is 3.82. The Morgan fingerprint density at radius 1 is 1.48 bits per heavy atom. The maximum atomic E-state index is 10.7. The van der Waals surface area contributed by atoms with Crippen LogP contribution in [0.5, 0.6) is 0 Å². The van der Waals surface area contributed by atoms with Gasteiger partial charge >= 0.3 is 5.97 Å². The van der Waals surface area contributed by atoms with Crippen molar-refractivity contribution in [2.24, 2.45) is 0 Å². The molecule has 0 atom stereocenters. The SMILES string of the molecule is O=C(O)CSc1nc2cnccc2n1CCc1ncon1. The van der Waals surface area contributed by atoms with E-state index in [2.05, 4.69) is 20.1 Å². The third-order valence-electron chi connectivity index (χ3n) is 2.81. The van der Waals surface area contributed by atoms with Crippen LogP contribution >= 0.6 is 11.8 Å². The number of hydrogen-bond donors (Lipinski definition) is 1. The summed E-state index contributed by atoms with van der Waals surface area (Å²) in [6.45, 7) is 0.585. The first-order valence-electron chi connectivity index (χ1n) is 6.14. The van der Waals surface area contributed by atoms with Gasteiger partial charge in [0.25, 0.3) is 0 Å². The maximum absolute atomic E-state index is 10.7. The minimum Gasteiger partial charge on any atom is -0.481 e. The number of aryl methyl sites for hydroxylation is 2. The molecule has 3 rings (SSSR count). The van der Waals surface area contributed by atoms with E-state index in [0.29, 0.717) is 23.9 Å². The highest BCUT2D eigenvalue weighted by atomic mass is 32.2. The fourth-order valence-corrected chi connectivity index (χ4v) is 2.69. The lowest BCUT2D eigenvalue weighted by atomic mass is 10.3. The van der Waals surface area contributed by atoms with Crippen LogP contribution in [0.15, 0.2) is 34.5 Å². The van der Waals surface area contributed by atoms with Gasteiger partial charge in [0.05, 0.1) is 17.5 Å². The summed E-state index contributed by atoms with van der Waals surface area (Å²) < 4.78 is 6.65. The van der Waals surface area contributed by atoms with Crippen molar-refractivity contribution in [1.82, 2.24) is 24.7 Å². The molecule has 3 heterocycles. The number of carboxylic acid groups (broad SMARTS) is 1. The smallest absolute Gasteiger partial charge is 0.313 e. The average Bonchev–Trinajstić information content (AvgIpc) is 3.10. The van der Waals surface area contributed by atoms with Crippen LogP contribution in [0, 0.1) is 0 Å². The molecule has 0 aliphatic carbocycles. The second kappa shape index (κ2) is 5.92. The van der Waals surface area contributed by atoms with E-state index >= 15 is 0 Å². The van der Waals surface area contributed by atoms with Crippen LogP contribution in [-0.2, 0) is 17.8 Å². The molecule has 9 heteroatoms. The molecule has 3 aromatic rings. The largest absolute Gasteiger partial charge is 0.481 e. The predicted molar refractivity (Wildman–Crippen MR) is 73.9 cm³/mol. The average molecular weight is 305 g/mol. The number of carboxylic acids is 1. The van der Waals surface area contributed by atoms with Gasteiger partial charge < -0.3 is 14.2 Å². The normalized spacial score (nSPS) is 11.0. The number of fused-ring (bicyclic) bond motifs is 1. The Balaban J connectivity index is 1.89. The van der Waals surface area contributed by atoms with Crippen molar-refractivity contribution < 1.29 is 14.4 Å². The Morgan fingerprint density at radius 2 is 2.38 bits per heavy atom. The fraction of sp³-hybridized carbons (Fsp3) is 0.250. The number of carbonyl (C=O) groups is 1. The van der Waals surface area contributed by atoms with Gasteiger partial charge in [-0.1, -0.05) is 16.9 Å². The van der Waals surface area contributed by atoms with E-state index in [0.717, 1.165) is 11.0 Å². The number of nitrogens with zero attached hydrogens (tertiary/aromatic N) is 5. The Bertz CT molecular complexity index is 755. The van der Waals surface area contributed by atoms with Crippen molar-refractivity contribution in [3.63, 3.8) is 0 Å². The van der Waals surface area contributed by atoms with Crippen LogP contribution in [0.1, 0.15) is 5.82 Å². The number of imidazole rings is 1.